The molecule has 0 aliphatic carbocycles. The van der Waals surface area contributed by atoms with Crippen molar-refractivity contribution in [3.63, 3.8) is 0 Å². The third-order valence-electron chi connectivity index (χ3n) is 2.84. The molecule has 0 aliphatic rings. The molecule has 1 aromatic rings. The maximum absolute atomic E-state index is 11.5. The van der Waals surface area contributed by atoms with Gasteiger partial charge in [-0.15, -0.1) is 0 Å². The largest absolute Gasteiger partial charge is 0.493 e. The third kappa shape index (κ3) is 9.59. The molecule has 0 unspecified atom stereocenters. The number of aliphatic hydroxyl groups excluding tert-OH is 1. The van der Waals surface area contributed by atoms with Crippen LogP contribution in [0, 0.1) is 0 Å². The molecule has 1 rings (SSSR count). The van der Waals surface area contributed by atoms with Gasteiger partial charge in [0.05, 0.1) is 19.6 Å². The fraction of sp³-hybridized carbons (Fsp3) is 0.533. The first kappa shape index (κ1) is 21.6. The van der Waals surface area contributed by atoms with Gasteiger partial charge in [-0.05, 0) is 0 Å². The molecule has 136 valence electrons. The van der Waals surface area contributed by atoms with Crippen LogP contribution < -0.4 is 26.4 Å². The molecule has 0 saturated heterocycles. The number of carbonyl (C=O) groups excluding carboxylic acids is 1. The molecule has 0 saturated carbocycles. The van der Waals surface area contributed by atoms with Crippen LogP contribution in [0.1, 0.15) is 26.2 Å². The Kier molecular flexibility index (Phi) is 12.8. The van der Waals surface area contributed by atoms with Crippen molar-refractivity contribution < 1.29 is 23.9 Å². The molecule has 0 atom stereocenters. The minimum atomic E-state index is -0.342. The van der Waals surface area contributed by atoms with Crippen LogP contribution in [-0.2, 0) is 16.1 Å². The summed E-state index contributed by atoms with van der Waals surface area (Å²) in [6.45, 7) is 3.53. The normalized spacial score (nSPS) is 10.4. The van der Waals surface area contributed by atoms with E-state index >= 15 is 0 Å². The SMILES string of the molecule is CCC[n+]1ccc(OCCC(=O)OCC/C(=N/N)NN)cc1.CO. The number of hydrazone groups is 1. The minimum Gasteiger partial charge on any atom is -0.493 e. The molecule has 1 heterocycles. The number of nitrogens with two attached hydrogens (primary N) is 2. The second-order valence-electron chi connectivity index (χ2n) is 4.56. The average molecular weight is 342 g/mol. The number of aromatic nitrogens is 1. The van der Waals surface area contributed by atoms with E-state index in [0.717, 1.165) is 25.8 Å². The topological polar surface area (TPSA) is 136 Å². The van der Waals surface area contributed by atoms with Crippen LogP contribution in [0.4, 0.5) is 0 Å². The number of hydrogen-bond donors (Lipinski definition) is 4. The summed E-state index contributed by atoms with van der Waals surface area (Å²) in [7, 11) is 1.00. The second-order valence-corrected chi connectivity index (χ2v) is 4.56. The number of carbonyl (C=O) groups is 1. The summed E-state index contributed by atoms with van der Waals surface area (Å²) >= 11 is 0. The molecule has 0 bridgehead atoms. The highest BCUT2D eigenvalue weighted by Crippen LogP contribution is 2.06. The van der Waals surface area contributed by atoms with E-state index in [2.05, 4.69) is 22.0 Å². The lowest BCUT2D eigenvalue weighted by molar-refractivity contribution is -0.697. The van der Waals surface area contributed by atoms with E-state index < -0.39 is 0 Å². The number of hydrogen-bond acceptors (Lipinski definition) is 7. The number of aryl methyl sites for hydroxylation is 1. The minimum absolute atomic E-state index is 0.168. The first-order valence-corrected chi connectivity index (χ1v) is 7.65. The maximum atomic E-state index is 11.5. The number of hydrazine groups is 1. The Morgan fingerprint density at radius 1 is 1.29 bits per heavy atom. The van der Waals surface area contributed by atoms with Crippen molar-refractivity contribution in [2.75, 3.05) is 20.3 Å². The van der Waals surface area contributed by atoms with Crippen LogP contribution in [-0.4, -0.2) is 37.2 Å². The summed E-state index contributed by atoms with van der Waals surface area (Å²) in [5.74, 6) is 11.0. The van der Waals surface area contributed by atoms with Crippen LogP contribution >= 0.6 is 0 Å². The lowest BCUT2D eigenvalue weighted by atomic mass is 10.4. The Morgan fingerprint density at radius 2 is 1.96 bits per heavy atom. The van der Waals surface area contributed by atoms with Gasteiger partial charge < -0.3 is 25.8 Å². The highest BCUT2D eigenvalue weighted by atomic mass is 16.5. The van der Waals surface area contributed by atoms with Gasteiger partial charge in [-0.1, -0.05) is 6.92 Å². The summed E-state index contributed by atoms with van der Waals surface area (Å²) in [5.41, 5.74) is 2.31. The number of nitrogens with one attached hydrogen (secondary N) is 1. The number of pyridine rings is 1. The molecule has 0 aliphatic heterocycles. The summed E-state index contributed by atoms with van der Waals surface area (Å²) in [6.07, 6.45) is 5.49. The zero-order valence-electron chi connectivity index (χ0n) is 14.3. The molecule has 0 amide bonds. The van der Waals surface area contributed by atoms with E-state index in [9.17, 15) is 4.79 Å². The standard InChI is InChI=1S/C14H24N5O3.CH4O/c1-2-7-19-8-3-12(4-9-19)21-11-6-14(20)22-10-5-13(17-15)18-16;1-2/h3-4,8-9H,2,5-7,10-11,15-16H2,1H3,(H,17,18);2H,1H3/q+1;. The highest BCUT2D eigenvalue weighted by molar-refractivity contribution is 5.81. The van der Waals surface area contributed by atoms with Gasteiger partial charge >= 0.3 is 5.97 Å². The fourth-order valence-electron chi connectivity index (χ4n) is 1.71. The van der Waals surface area contributed by atoms with Crippen LogP contribution in [0.15, 0.2) is 29.6 Å². The molecule has 0 radical (unpaired) electrons. The number of nitrogens with zero attached hydrogens (tertiary/aromatic N) is 2. The Morgan fingerprint density at radius 3 is 2.50 bits per heavy atom. The number of ether oxygens (including phenoxy) is 2. The van der Waals surface area contributed by atoms with Crippen molar-refractivity contribution in [1.29, 1.82) is 0 Å². The quantitative estimate of drug-likeness (QED) is 0.118. The van der Waals surface area contributed by atoms with Gasteiger partial charge in [-0.3, -0.25) is 4.79 Å². The zero-order chi connectivity index (χ0) is 18.2. The van der Waals surface area contributed by atoms with Gasteiger partial charge in [-0.25, -0.2) is 10.4 Å². The van der Waals surface area contributed by atoms with E-state index in [0.29, 0.717) is 12.3 Å². The summed E-state index contributed by atoms with van der Waals surface area (Å²) < 4.78 is 12.6. The van der Waals surface area contributed by atoms with Gasteiger partial charge in [0.2, 0.25) is 0 Å². The van der Waals surface area contributed by atoms with Gasteiger partial charge in [0, 0.05) is 32.1 Å². The molecular formula is C15H28N5O4+. The van der Waals surface area contributed by atoms with Gasteiger partial charge in [0.15, 0.2) is 12.4 Å². The molecule has 24 heavy (non-hydrogen) atoms. The number of esters is 1. The molecule has 9 heteroatoms. The van der Waals surface area contributed by atoms with Crippen molar-refractivity contribution >= 4 is 11.8 Å². The number of amidine groups is 1. The van der Waals surface area contributed by atoms with Crippen molar-refractivity contribution in [1.82, 2.24) is 5.43 Å². The number of aliphatic hydroxyl groups is 1. The Hall–Kier alpha value is -2.39. The first-order valence-electron chi connectivity index (χ1n) is 7.65. The lowest BCUT2D eigenvalue weighted by Gasteiger charge is -2.07. The average Bonchev–Trinajstić information content (AvgIpc) is 2.62. The predicted octanol–water partition coefficient (Wildman–Crippen LogP) is -0.570. The lowest BCUT2D eigenvalue weighted by Crippen LogP contribution is -2.32. The Balaban J connectivity index is 0.00000254. The van der Waals surface area contributed by atoms with Crippen LogP contribution in [0.2, 0.25) is 0 Å². The smallest absolute Gasteiger partial charge is 0.309 e. The zero-order valence-corrected chi connectivity index (χ0v) is 14.3. The van der Waals surface area contributed by atoms with Crippen molar-refractivity contribution in [3.8, 4) is 5.75 Å². The second kappa shape index (κ2) is 14.2. The van der Waals surface area contributed by atoms with Crippen LogP contribution in [0.25, 0.3) is 0 Å². The summed E-state index contributed by atoms with van der Waals surface area (Å²) in [4.78, 5) is 11.5. The highest BCUT2D eigenvalue weighted by Gasteiger charge is 2.06. The predicted molar refractivity (Wildman–Crippen MR) is 89.7 cm³/mol. The molecular weight excluding hydrogens is 314 g/mol. The van der Waals surface area contributed by atoms with Crippen LogP contribution in [0.3, 0.4) is 0 Å². The summed E-state index contributed by atoms with van der Waals surface area (Å²) in [5, 5.41) is 10.4. The van der Waals surface area contributed by atoms with E-state index in [1.807, 2.05) is 24.5 Å². The fourth-order valence-corrected chi connectivity index (χ4v) is 1.71. The van der Waals surface area contributed by atoms with Crippen molar-refractivity contribution in [2.24, 2.45) is 16.8 Å². The summed E-state index contributed by atoms with van der Waals surface area (Å²) in [6, 6.07) is 3.75. The van der Waals surface area contributed by atoms with Gasteiger partial charge in [0.1, 0.15) is 18.1 Å². The van der Waals surface area contributed by atoms with Crippen LogP contribution in [0.5, 0.6) is 5.75 Å². The van der Waals surface area contributed by atoms with E-state index in [1.54, 1.807) is 0 Å². The molecule has 0 aromatic carbocycles. The van der Waals surface area contributed by atoms with Crippen molar-refractivity contribution in [3.05, 3.63) is 24.5 Å². The molecule has 9 nitrogen and oxygen atoms in total. The maximum Gasteiger partial charge on any atom is 0.309 e. The first-order chi connectivity index (χ1) is 11.7. The molecule has 6 N–H and O–H groups in total. The van der Waals surface area contributed by atoms with E-state index in [-0.39, 0.29) is 25.6 Å². The van der Waals surface area contributed by atoms with E-state index in [4.69, 9.17) is 26.3 Å². The Labute approximate surface area is 142 Å². The molecule has 1 aromatic heterocycles. The van der Waals surface area contributed by atoms with E-state index in [1.165, 1.54) is 0 Å². The number of rotatable bonds is 9. The monoisotopic (exact) mass is 342 g/mol. The van der Waals surface area contributed by atoms with Gasteiger partial charge in [-0.2, -0.15) is 5.10 Å². The molecule has 0 spiro atoms. The van der Waals surface area contributed by atoms with Crippen molar-refractivity contribution in [2.45, 2.75) is 32.7 Å². The third-order valence-corrected chi connectivity index (χ3v) is 2.84. The van der Waals surface area contributed by atoms with Gasteiger partial charge in [0.25, 0.3) is 0 Å². The molecule has 0 fully saturated rings. The Bertz CT molecular complexity index is 479.